The van der Waals surface area contributed by atoms with Crippen molar-refractivity contribution >= 4 is 11.6 Å². The Morgan fingerprint density at radius 3 is 2.71 bits per heavy atom. The van der Waals surface area contributed by atoms with Gasteiger partial charge in [0.2, 0.25) is 0 Å². The Kier molecular flexibility index (Phi) is 5.20. The van der Waals surface area contributed by atoms with E-state index in [-0.39, 0.29) is 6.04 Å². The van der Waals surface area contributed by atoms with E-state index in [1.165, 1.54) is 0 Å². The van der Waals surface area contributed by atoms with Crippen molar-refractivity contribution in [3.8, 4) is 11.4 Å². The van der Waals surface area contributed by atoms with Crippen molar-refractivity contribution in [1.82, 2.24) is 20.3 Å². The maximum absolute atomic E-state index is 6.08. The minimum Gasteiger partial charge on any atom is -0.495 e. The molecule has 6 heteroatoms. The fourth-order valence-electron chi connectivity index (χ4n) is 2.44. The van der Waals surface area contributed by atoms with Gasteiger partial charge in [0.05, 0.1) is 29.6 Å². The molecule has 1 atom stereocenters. The van der Waals surface area contributed by atoms with Gasteiger partial charge >= 0.3 is 0 Å². The third-order valence-electron chi connectivity index (χ3n) is 3.59. The second kappa shape index (κ2) is 6.91. The predicted molar refractivity (Wildman–Crippen MR) is 84.4 cm³/mol. The summed E-state index contributed by atoms with van der Waals surface area (Å²) in [5, 5.41) is 12.5. The monoisotopic (exact) mass is 308 g/mol. The third kappa shape index (κ3) is 3.04. The first-order valence-corrected chi connectivity index (χ1v) is 7.49. The molecule has 0 aliphatic rings. The Labute approximate surface area is 130 Å². The molecule has 1 unspecified atom stereocenters. The summed E-state index contributed by atoms with van der Waals surface area (Å²) in [5.74, 6) is 0.633. The van der Waals surface area contributed by atoms with Gasteiger partial charge in [-0.25, -0.2) is 4.68 Å². The first-order valence-electron chi connectivity index (χ1n) is 7.11. The number of halogens is 1. The van der Waals surface area contributed by atoms with Gasteiger partial charge in [-0.15, -0.1) is 5.10 Å². The van der Waals surface area contributed by atoms with Gasteiger partial charge in [-0.3, -0.25) is 0 Å². The van der Waals surface area contributed by atoms with E-state index in [4.69, 9.17) is 16.3 Å². The van der Waals surface area contributed by atoms with Crippen LogP contribution in [0.2, 0.25) is 5.02 Å². The van der Waals surface area contributed by atoms with Crippen LogP contribution in [0.3, 0.4) is 0 Å². The van der Waals surface area contributed by atoms with Gasteiger partial charge in [-0.05, 0) is 32.0 Å². The Hall–Kier alpha value is -1.59. The van der Waals surface area contributed by atoms with Gasteiger partial charge in [0, 0.05) is 6.07 Å². The molecule has 0 spiro atoms. The molecular weight excluding hydrogens is 288 g/mol. The zero-order valence-corrected chi connectivity index (χ0v) is 13.6. The number of hydrogen-bond donors (Lipinski definition) is 1. The maximum Gasteiger partial charge on any atom is 0.139 e. The van der Waals surface area contributed by atoms with Crippen LogP contribution in [0.25, 0.3) is 5.69 Å². The number of hydrogen-bond acceptors (Lipinski definition) is 4. The van der Waals surface area contributed by atoms with Crippen molar-refractivity contribution in [3.05, 3.63) is 34.6 Å². The fourth-order valence-corrected chi connectivity index (χ4v) is 2.63. The Balaban J connectivity index is 2.49. The van der Waals surface area contributed by atoms with Crippen molar-refractivity contribution in [2.75, 3.05) is 14.2 Å². The van der Waals surface area contributed by atoms with Gasteiger partial charge in [-0.2, -0.15) is 0 Å². The molecule has 2 rings (SSSR count). The minimum atomic E-state index is 0.211. The van der Waals surface area contributed by atoms with Gasteiger partial charge in [0.25, 0.3) is 0 Å². The average molecular weight is 309 g/mol. The summed E-state index contributed by atoms with van der Waals surface area (Å²) in [7, 11) is 3.55. The number of nitrogens with one attached hydrogen (secondary N) is 1. The summed E-state index contributed by atoms with van der Waals surface area (Å²) in [4.78, 5) is 0. The van der Waals surface area contributed by atoms with E-state index < -0.39 is 0 Å². The SMILES string of the molecule is CCc1c(C(CC)NC)nnn1-c1ccc(Cl)c(OC)c1. The lowest BCUT2D eigenvalue weighted by atomic mass is 10.1. The molecule has 1 aromatic heterocycles. The highest BCUT2D eigenvalue weighted by atomic mass is 35.5. The lowest BCUT2D eigenvalue weighted by Crippen LogP contribution is -2.17. The summed E-state index contributed by atoms with van der Waals surface area (Å²) in [6.07, 6.45) is 1.82. The summed E-state index contributed by atoms with van der Waals surface area (Å²) >= 11 is 6.08. The fraction of sp³-hybridized carbons (Fsp3) is 0.467. The number of nitrogens with zero attached hydrogens (tertiary/aromatic N) is 3. The standard InChI is InChI=1S/C15H21ClN4O/c1-5-12(17-3)15-13(6-2)20(19-18-15)10-7-8-11(16)14(9-10)21-4/h7-9,12,17H,5-6H2,1-4H3. The zero-order valence-electron chi connectivity index (χ0n) is 12.9. The lowest BCUT2D eigenvalue weighted by Gasteiger charge is -2.13. The molecule has 114 valence electrons. The van der Waals surface area contributed by atoms with E-state index in [9.17, 15) is 0 Å². The molecule has 2 aromatic rings. The summed E-state index contributed by atoms with van der Waals surface area (Å²) in [6, 6.07) is 5.82. The number of ether oxygens (including phenoxy) is 1. The Bertz CT molecular complexity index is 608. The second-order valence-corrected chi connectivity index (χ2v) is 5.16. The largest absolute Gasteiger partial charge is 0.495 e. The normalized spacial score (nSPS) is 12.4. The number of aromatic nitrogens is 3. The quantitative estimate of drug-likeness (QED) is 0.890. The topological polar surface area (TPSA) is 52.0 Å². The molecule has 5 nitrogen and oxygen atoms in total. The van der Waals surface area contributed by atoms with Crippen LogP contribution in [0.1, 0.15) is 37.7 Å². The van der Waals surface area contributed by atoms with Crippen molar-refractivity contribution in [1.29, 1.82) is 0 Å². The zero-order chi connectivity index (χ0) is 15.4. The van der Waals surface area contributed by atoms with Crippen LogP contribution in [0.15, 0.2) is 18.2 Å². The molecule has 0 aliphatic carbocycles. The number of methoxy groups -OCH3 is 1. The molecule has 0 fully saturated rings. The van der Waals surface area contributed by atoms with E-state index in [1.54, 1.807) is 7.11 Å². The number of rotatable bonds is 6. The maximum atomic E-state index is 6.08. The third-order valence-corrected chi connectivity index (χ3v) is 3.91. The highest BCUT2D eigenvalue weighted by Gasteiger charge is 2.19. The van der Waals surface area contributed by atoms with Crippen LogP contribution >= 0.6 is 11.6 Å². The molecule has 0 radical (unpaired) electrons. The van der Waals surface area contributed by atoms with Gasteiger partial charge in [0.1, 0.15) is 11.4 Å². The van der Waals surface area contributed by atoms with E-state index in [1.807, 2.05) is 29.9 Å². The van der Waals surface area contributed by atoms with Crippen molar-refractivity contribution in [2.24, 2.45) is 0 Å². The second-order valence-electron chi connectivity index (χ2n) is 4.76. The molecular formula is C15H21ClN4O. The highest BCUT2D eigenvalue weighted by molar-refractivity contribution is 6.32. The van der Waals surface area contributed by atoms with E-state index >= 15 is 0 Å². The molecule has 1 N–H and O–H groups in total. The van der Waals surface area contributed by atoms with Gasteiger partial charge in [-0.1, -0.05) is 30.7 Å². The lowest BCUT2D eigenvalue weighted by molar-refractivity contribution is 0.414. The molecule has 0 saturated heterocycles. The van der Waals surface area contributed by atoms with Crippen molar-refractivity contribution in [3.63, 3.8) is 0 Å². The summed E-state index contributed by atoms with van der Waals surface area (Å²) in [5.41, 5.74) is 3.00. The molecule has 0 saturated carbocycles. The molecule has 1 heterocycles. The molecule has 21 heavy (non-hydrogen) atoms. The van der Waals surface area contributed by atoms with Crippen LogP contribution in [0, 0.1) is 0 Å². The Morgan fingerprint density at radius 2 is 2.14 bits per heavy atom. The molecule has 0 aliphatic heterocycles. The molecule has 0 amide bonds. The van der Waals surface area contributed by atoms with Gasteiger partial charge < -0.3 is 10.1 Å². The summed E-state index contributed by atoms with van der Waals surface area (Å²) in [6.45, 7) is 4.24. The minimum absolute atomic E-state index is 0.211. The van der Waals surface area contributed by atoms with E-state index in [2.05, 4.69) is 29.5 Å². The first kappa shape index (κ1) is 15.8. The van der Waals surface area contributed by atoms with Crippen LogP contribution in [-0.2, 0) is 6.42 Å². The van der Waals surface area contributed by atoms with Gasteiger partial charge in [0.15, 0.2) is 0 Å². The van der Waals surface area contributed by atoms with Crippen LogP contribution < -0.4 is 10.1 Å². The van der Waals surface area contributed by atoms with Crippen molar-refractivity contribution < 1.29 is 4.74 Å². The smallest absolute Gasteiger partial charge is 0.139 e. The molecule has 1 aromatic carbocycles. The predicted octanol–water partition coefficient (Wildman–Crippen LogP) is 3.16. The highest BCUT2D eigenvalue weighted by Crippen LogP contribution is 2.28. The summed E-state index contributed by atoms with van der Waals surface area (Å²) < 4.78 is 7.13. The Morgan fingerprint density at radius 1 is 1.38 bits per heavy atom. The van der Waals surface area contributed by atoms with E-state index in [0.29, 0.717) is 10.8 Å². The van der Waals surface area contributed by atoms with Crippen LogP contribution in [0.4, 0.5) is 0 Å². The van der Waals surface area contributed by atoms with Crippen LogP contribution in [-0.4, -0.2) is 29.2 Å². The van der Waals surface area contributed by atoms with Crippen LogP contribution in [0.5, 0.6) is 5.75 Å². The van der Waals surface area contributed by atoms with Crippen molar-refractivity contribution in [2.45, 2.75) is 32.7 Å². The number of benzene rings is 1. The first-order chi connectivity index (χ1) is 10.2. The van der Waals surface area contributed by atoms with E-state index in [0.717, 1.165) is 29.9 Å². The average Bonchev–Trinajstić information content (AvgIpc) is 2.93. The molecule has 0 bridgehead atoms.